The Kier molecular flexibility index (Phi) is 4.29. The van der Waals surface area contributed by atoms with Gasteiger partial charge in [-0.05, 0) is 56.8 Å². The van der Waals surface area contributed by atoms with Gasteiger partial charge in [0.15, 0.2) is 0 Å². The van der Waals surface area contributed by atoms with Gasteiger partial charge in [-0.25, -0.2) is 9.97 Å². The van der Waals surface area contributed by atoms with Gasteiger partial charge in [0.05, 0.1) is 11.7 Å². The Morgan fingerprint density at radius 1 is 1.15 bits per heavy atom. The van der Waals surface area contributed by atoms with Crippen LogP contribution in [0.25, 0.3) is 22.3 Å². The van der Waals surface area contributed by atoms with Crippen LogP contribution in [0.2, 0.25) is 0 Å². The van der Waals surface area contributed by atoms with Gasteiger partial charge < -0.3 is 4.98 Å². The van der Waals surface area contributed by atoms with Crippen molar-refractivity contribution >= 4 is 22.4 Å². The minimum Gasteiger partial charge on any atom is -0.345 e. The molecule has 2 fully saturated rings. The summed E-state index contributed by atoms with van der Waals surface area (Å²) in [7, 11) is 2.21. The number of aromatic nitrogens is 3. The number of hydrogen-bond donors (Lipinski definition) is 1. The Balaban J connectivity index is 1.49. The smallest absolute Gasteiger partial charge is 0.137 e. The highest BCUT2D eigenvalue weighted by molar-refractivity contribution is 7.10. The summed E-state index contributed by atoms with van der Waals surface area (Å²) in [6.45, 7) is 1.18. The third-order valence-electron chi connectivity index (χ3n) is 6.23. The Labute approximate surface area is 158 Å². The first-order chi connectivity index (χ1) is 12.8. The Hall–Kier alpha value is -1.72. The van der Waals surface area contributed by atoms with Crippen LogP contribution < -0.4 is 0 Å². The van der Waals surface area contributed by atoms with Crippen LogP contribution in [0.3, 0.4) is 0 Å². The molecule has 4 nitrogen and oxygen atoms in total. The van der Waals surface area contributed by atoms with Crippen LogP contribution in [0.1, 0.15) is 67.5 Å². The number of thiazole rings is 1. The van der Waals surface area contributed by atoms with Crippen LogP contribution in [0.5, 0.6) is 0 Å². The summed E-state index contributed by atoms with van der Waals surface area (Å²) in [5.74, 6) is 0.682. The monoisotopic (exact) mass is 366 g/mol. The molecule has 3 aromatic heterocycles. The number of nitrogens with one attached hydrogen (secondary N) is 1. The second-order valence-electron chi connectivity index (χ2n) is 7.91. The van der Waals surface area contributed by atoms with Gasteiger partial charge in [0.2, 0.25) is 0 Å². The maximum Gasteiger partial charge on any atom is 0.137 e. The van der Waals surface area contributed by atoms with Crippen molar-refractivity contribution in [2.24, 2.45) is 0 Å². The zero-order chi connectivity index (χ0) is 17.5. The fraction of sp³-hybridized carbons (Fsp3) is 0.524. The zero-order valence-electron chi connectivity index (χ0n) is 15.4. The largest absolute Gasteiger partial charge is 0.345 e. The first-order valence-corrected chi connectivity index (χ1v) is 10.8. The summed E-state index contributed by atoms with van der Waals surface area (Å²) >= 11 is 1.80. The Morgan fingerprint density at radius 2 is 2.04 bits per heavy atom. The van der Waals surface area contributed by atoms with Crippen molar-refractivity contribution in [1.82, 2.24) is 19.9 Å². The number of rotatable bonds is 3. The number of nitrogens with zero attached hydrogens (tertiary/aromatic N) is 3. The fourth-order valence-electron chi connectivity index (χ4n) is 4.68. The number of fused-ring (bicyclic) bond motifs is 1. The third-order valence-corrected chi connectivity index (χ3v) is 7.18. The van der Waals surface area contributed by atoms with Crippen molar-refractivity contribution in [2.75, 3.05) is 13.6 Å². The van der Waals surface area contributed by atoms with Crippen LogP contribution in [0, 0.1) is 0 Å². The van der Waals surface area contributed by atoms with Crippen LogP contribution in [-0.2, 0) is 0 Å². The lowest BCUT2D eigenvalue weighted by Crippen LogP contribution is -2.17. The van der Waals surface area contributed by atoms with E-state index in [9.17, 15) is 0 Å². The van der Waals surface area contributed by atoms with Crippen LogP contribution in [0.15, 0.2) is 23.8 Å². The van der Waals surface area contributed by atoms with Gasteiger partial charge in [-0.3, -0.25) is 4.90 Å². The van der Waals surface area contributed by atoms with E-state index in [0.717, 1.165) is 11.3 Å². The second kappa shape index (κ2) is 6.78. The van der Waals surface area contributed by atoms with Gasteiger partial charge in [-0.15, -0.1) is 11.3 Å². The van der Waals surface area contributed by atoms with Crippen LogP contribution in [-0.4, -0.2) is 33.4 Å². The van der Waals surface area contributed by atoms with Crippen LogP contribution >= 0.6 is 11.3 Å². The standard InChI is InChI=1S/C21H26N4S/c1-25-9-5-8-19(25)21-24-18(13-26-21)17-12-23-20-16(17)10-15(11-22-20)14-6-3-2-4-7-14/h10-14,19H,2-9H2,1H3,(H,22,23). The van der Waals surface area contributed by atoms with Crippen molar-refractivity contribution < 1.29 is 0 Å². The molecule has 26 heavy (non-hydrogen) atoms. The molecule has 1 atom stereocenters. The summed E-state index contributed by atoms with van der Waals surface area (Å²) < 4.78 is 0. The first-order valence-electron chi connectivity index (χ1n) is 9.92. The fourth-order valence-corrected chi connectivity index (χ4v) is 5.70. The molecule has 0 radical (unpaired) electrons. The van der Waals surface area contributed by atoms with Crippen molar-refractivity contribution in [1.29, 1.82) is 0 Å². The molecule has 1 aliphatic heterocycles. The number of aromatic amines is 1. The average molecular weight is 367 g/mol. The molecule has 4 heterocycles. The minimum atomic E-state index is 0.495. The topological polar surface area (TPSA) is 44.8 Å². The molecule has 0 bridgehead atoms. The molecular formula is C21H26N4S. The first kappa shape index (κ1) is 16.5. The molecule has 136 valence electrons. The summed E-state index contributed by atoms with van der Waals surface area (Å²) in [6.07, 6.45) is 13.4. The number of pyridine rings is 1. The summed E-state index contributed by atoms with van der Waals surface area (Å²) in [6, 6.07) is 2.86. The maximum atomic E-state index is 5.01. The molecule has 1 N–H and O–H groups in total. The van der Waals surface area contributed by atoms with E-state index in [4.69, 9.17) is 9.97 Å². The SMILES string of the molecule is CN1CCCC1c1nc(-c2c[nH]c3ncc(C4CCCCC4)cc23)cs1. The average Bonchev–Trinajstić information content (AvgIpc) is 3.40. The lowest BCUT2D eigenvalue weighted by atomic mass is 9.84. The molecular weight excluding hydrogens is 340 g/mol. The van der Waals surface area contributed by atoms with E-state index >= 15 is 0 Å². The molecule has 1 unspecified atom stereocenters. The van der Waals surface area contributed by atoms with E-state index in [0.29, 0.717) is 12.0 Å². The highest BCUT2D eigenvalue weighted by Crippen LogP contribution is 2.38. The van der Waals surface area contributed by atoms with Gasteiger partial charge in [-0.2, -0.15) is 0 Å². The van der Waals surface area contributed by atoms with Crippen molar-refractivity contribution in [2.45, 2.75) is 56.9 Å². The summed E-state index contributed by atoms with van der Waals surface area (Å²) in [5, 5.41) is 4.70. The molecule has 0 amide bonds. The van der Waals surface area contributed by atoms with E-state index in [1.807, 2.05) is 0 Å². The van der Waals surface area contributed by atoms with Gasteiger partial charge >= 0.3 is 0 Å². The van der Waals surface area contributed by atoms with E-state index < -0.39 is 0 Å². The molecule has 5 rings (SSSR count). The summed E-state index contributed by atoms with van der Waals surface area (Å²) in [4.78, 5) is 15.5. The second-order valence-corrected chi connectivity index (χ2v) is 8.80. The van der Waals surface area contributed by atoms with Crippen molar-refractivity contribution in [3.63, 3.8) is 0 Å². The lowest BCUT2D eigenvalue weighted by molar-refractivity contribution is 0.317. The van der Waals surface area contributed by atoms with E-state index in [1.165, 1.54) is 73.0 Å². The number of likely N-dealkylation sites (tertiary alicyclic amines) is 1. The van der Waals surface area contributed by atoms with E-state index in [1.54, 1.807) is 11.3 Å². The minimum absolute atomic E-state index is 0.495. The molecule has 0 aromatic carbocycles. The molecule has 0 spiro atoms. The van der Waals surface area contributed by atoms with Gasteiger partial charge in [0, 0.05) is 28.7 Å². The molecule has 3 aromatic rings. The van der Waals surface area contributed by atoms with E-state index in [-0.39, 0.29) is 0 Å². The van der Waals surface area contributed by atoms with E-state index in [2.05, 4.69) is 40.8 Å². The van der Waals surface area contributed by atoms with Gasteiger partial charge in [0.1, 0.15) is 10.7 Å². The summed E-state index contributed by atoms with van der Waals surface area (Å²) in [5.41, 5.74) is 4.68. The molecule has 5 heteroatoms. The quantitative estimate of drug-likeness (QED) is 0.665. The molecule has 1 saturated heterocycles. The Bertz CT molecular complexity index is 906. The number of hydrogen-bond acceptors (Lipinski definition) is 4. The molecule has 2 aliphatic rings. The third kappa shape index (κ3) is 2.87. The van der Waals surface area contributed by atoms with Crippen molar-refractivity contribution in [3.8, 4) is 11.3 Å². The predicted octanol–water partition coefficient (Wildman–Crippen LogP) is 5.50. The predicted molar refractivity (Wildman–Crippen MR) is 108 cm³/mol. The van der Waals surface area contributed by atoms with Crippen LogP contribution in [0.4, 0.5) is 0 Å². The highest BCUT2D eigenvalue weighted by Gasteiger charge is 2.26. The normalized spacial score (nSPS) is 22.4. The maximum absolute atomic E-state index is 5.01. The number of H-pyrrole nitrogens is 1. The van der Waals surface area contributed by atoms with Gasteiger partial charge in [0.25, 0.3) is 0 Å². The Morgan fingerprint density at radius 3 is 2.85 bits per heavy atom. The lowest BCUT2D eigenvalue weighted by Gasteiger charge is -2.21. The van der Waals surface area contributed by atoms with Gasteiger partial charge in [-0.1, -0.05) is 19.3 Å². The highest BCUT2D eigenvalue weighted by atomic mass is 32.1. The molecule has 1 saturated carbocycles. The zero-order valence-corrected chi connectivity index (χ0v) is 16.2. The molecule has 1 aliphatic carbocycles. The van der Waals surface area contributed by atoms with Crippen molar-refractivity contribution in [3.05, 3.63) is 34.4 Å².